The molecule has 2 rings (SSSR count). The predicted molar refractivity (Wildman–Crippen MR) is 160 cm³/mol. The monoisotopic (exact) mass is 560 g/mol. The topological polar surface area (TPSA) is 77.1 Å². The van der Waals surface area contributed by atoms with E-state index < -0.39 is 20.0 Å². The molecule has 0 aromatic heterocycles. The normalized spacial score (nSPS) is 20.1. The van der Waals surface area contributed by atoms with Gasteiger partial charge in [0.2, 0.25) is 0 Å². The molecule has 0 saturated carbocycles. The summed E-state index contributed by atoms with van der Waals surface area (Å²) in [5.41, 5.74) is 1.50. The summed E-state index contributed by atoms with van der Waals surface area (Å²) in [6.45, 7) is 25.3. The molecular weight excluding hydrogens is 508 g/mol. The van der Waals surface area contributed by atoms with Gasteiger partial charge in [-0.25, -0.2) is 4.79 Å². The van der Waals surface area contributed by atoms with Gasteiger partial charge < -0.3 is 13.9 Å². The first-order valence-electron chi connectivity index (χ1n) is 14.1. The number of ether oxygens (including phenoxy) is 2. The van der Waals surface area contributed by atoms with Crippen molar-refractivity contribution in [2.75, 3.05) is 13.7 Å². The van der Waals surface area contributed by atoms with Gasteiger partial charge in [0.1, 0.15) is 11.6 Å². The summed E-state index contributed by atoms with van der Waals surface area (Å²) >= 11 is 0. The second-order valence-corrected chi connectivity index (χ2v) is 18.3. The molecule has 1 saturated heterocycles. The van der Waals surface area contributed by atoms with Crippen LogP contribution in [0.2, 0.25) is 18.1 Å². The number of rotatable bonds is 10. The van der Waals surface area contributed by atoms with Gasteiger partial charge in [-0.2, -0.15) is 0 Å². The number of esters is 1. The smallest absolute Gasteiger partial charge is 0.410 e. The van der Waals surface area contributed by atoms with E-state index in [9.17, 15) is 9.59 Å². The number of benzene rings is 1. The third-order valence-corrected chi connectivity index (χ3v) is 12.3. The lowest BCUT2D eigenvalue weighted by atomic mass is 9.96. The largest absolute Gasteiger partial charge is 0.468 e. The van der Waals surface area contributed by atoms with Gasteiger partial charge in [0.25, 0.3) is 0 Å². The Hall–Kier alpha value is -2.16. The molecule has 1 aliphatic rings. The Balaban J connectivity index is 2.34. The Kier molecular flexibility index (Phi) is 11.0. The van der Waals surface area contributed by atoms with E-state index in [1.165, 1.54) is 7.11 Å². The van der Waals surface area contributed by atoms with Gasteiger partial charge in [0.15, 0.2) is 8.32 Å². The molecule has 0 radical (unpaired) electrons. The van der Waals surface area contributed by atoms with Gasteiger partial charge in [-0.3, -0.25) is 15.0 Å². The Morgan fingerprint density at radius 2 is 1.72 bits per heavy atom. The van der Waals surface area contributed by atoms with E-state index in [1.807, 2.05) is 45.6 Å². The summed E-state index contributed by atoms with van der Waals surface area (Å²) in [7, 11) is -0.603. The highest BCUT2D eigenvalue weighted by Gasteiger charge is 2.45. The quantitative estimate of drug-likeness (QED) is 0.186. The van der Waals surface area contributed by atoms with Crippen LogP contribution in [0.15, 0.2) is 36.9 Å². The van der Waals surface area contributed by atoms with Gasteiger partial charge in [-0.05, 0) is 68.8 Å². The first kappa shape index (κ1) is 33.0. The number of likely N-dealkylation sites (tertiary alicyclic amines) is 1. The summed E-state index contributed by atoms with van der Waals surface area (Å²) in [5.74, 6) is -0.204. The molecule has 0 aliphatic carbocycles. The molecular formula is C31H52N2O5Si. The number of carbonyl (C=O) groups is 2. The molecule has 1 N–H and O–H groups in total. The van der Waals surface area contributed by atoms with Crippen LogP contribution in [0.25, 0.3) is 0 Å². The van der Waals surface area contributed by atoms with Crippen LogP contribution in [-0.4, -0.2) is 56.7 Å². The van der Waals surface area contributed by atoms with Crippen molar-refractivity contribution >= 4 is 20.4 Å². The highest BCUT2D eigenvalue weighted by atomic mass is 28.4. The molecule has 1 aromatic rings. The maximum absolute atomic E-state index is 13.3. The van der Waals surface area contributed by atoms with Crippen LogP contribution >= 0.6 is 0 Å². The van der Waals surface area contributed by atoms with Crippen molar-refractivity contribution in [3.05, 3.63) is 48.0 Å². The summed E-state index contributed by atoms with van der Waals surface area (Å²) in [4.78, 5) is 27.5. The van der Waals surface area contributed by atoms with Gasteiger partial charge >= 0.3 is 12.1 Å². The molecule has 8 heteroatoms. The van der Waals surface area contributed by atoms with E-state index in [1.54, 1.807) is 0 Å². The minimum absolute atomic E-state index is 0.0508. The van der Waals surface area contributed by atoms with Crippen molar-refractivity contribution in [1.82, 2.24) is 10.2 Å². The summed E-state index contributed by atoms with van der Waals surface area (Å²) in [6.07, 6.45) is 2.86. The zero-order valence-corrected chi connectivity index (χ0v) is 27.1. The van der Waals surface area contributed by atoms with E-state index in [4.69, 9.17) is 13.9 Å². The van der Waals surface area contributed by atoms with Crippen LogP contribution in [0.5, 0.6) is 0 Å². The lowest BCUT2D eigenvalue weighted by Crippen LogP contribution is -2.45. The van der Waals surface area contributed by atoms with Crippen molar-refractivity contribution in [2.45, 2.75) is 116 Å². The number of nitrogens with one attached hydrogen (secondary N) is 1. The highest BCUT2D eigenvalue weighted by Crippen LogP contribution is 2.42. The number of methoxy groups -OCH3 is 1. The molecule has 1 fully saturated rings. The first-order chi connectivity index (χ1) is 17.9. The lowest BCUT2D eigenvalue weighted by Gasteiger charge is -2.38. The number of carbonyl (C=O) groups excluding carboxylic acids is 2. The Bertz CT molecular complexity index is 978. The third kappa shape index (κ3) is 8.92. The molecule has 0 unspecified atom stereocenters. The zero-order chi connectivity index (χ0) is 29.8. The van der Waals surface area contributed by atoms with Crippen molar-refractivity contribution in [2.24, 2.45) is 5.92 Å². The molecule has 1 heterocycles. The van der Waals surface area contributed by atoms with Crippen LogP contribution < -0.4 is 5.32 Å². The van der Waals surface area contributed by atoms with E-state index in [0.29, 0.717) is 13.0 Å². The van der Waals surface area contributed by atoms with Crippen molar-refractivity contribution < 1.29 is 23.5 Å². The molecule has 1 amide bonds. The predicted octanol–water partition coefficient (Wildman–Crippen LogP) is 7.16. The fourth-order valence-corrected chi connectivity index (χ4v) is 5.97. The summed E-state index contributed by atoms with van der Waals surface area (Å²) < 4.78 is 17.6. The fourth-order valence-electron chi connectivity index (χ4n) is 4.61. The summed E-state index contributed by atoms with van der Waals surface area (Å²) in [5, 5.41) is 3.54. The molecule has 1 aliphatic heterocycles. The Morgan fingerprint density at radius 1 is 1.13 bits per heavy atom. The van der Waals surface area contributed by atoms with Gasteiger partial charge in [0.05, 0.1) is 19.3 Å². The molecule has 0 bridgehead atoms. The van der Waals surface area contributed by atoms with Crippen molar-refractivity contribution in [3.8, 4) is 0 Å². The van der Waals surface area contributed by atoms with Crippen LogP contribution in [-0.2, 0) is 18.7 Å². The standard InChI is InChI=1S/C31H52N2O5Si/c1-13-14-25(32-27(21(2)3)28(34)36-10)22-15-17-23(18-16-22)26-19-24(38-39(11,12)31(7,8)9)20-33(26)29(35)37-30(4,5)6/h13,15-18,21,24-27,32H,1,14,19-20H2,2-12H3/t24-,25+,26-,27+/m1/s1. The van der Waals surface area contributed by atoms with Crippen molar-refractivity contribution in [3.63, 3.8) is 0 Å². The highest BCUT2D eigenvalue weighted by molar-refractivity contribution is 6.74. The molecule has 4 atom stereocenters. The number of hydrogen-bond acceptors (Lipinski definition) is 6. The maximum atomic E-state index is 13.3. The average Bonchev–Trinajstić information content (AvgIpc) is 3.22. The van der Waals surface area contributed by atoms with Crippen LogP contribution in [0.3, 0.4) is 0 Å². The second-order valence-electron chi connectivity index (χ2n) is 13.5. The molecule has 1 aromatic carbocycles. The molecule has 39 heavy (non-hydrogen) atoms. The second kappa shape index (κ2) is 13.0. The van der Waals surface area contributed by atoms with Gasteiger partial charge in [-0.15, -0.1) is 6.58 Å². The average molecular weight is 561 g/mol. The maximum Gasteiger partial charge on any atom is 0.410 e. The zero-order valence-electron chi connectivity index (χ0n) is 26.1. The SMILES string of the molecule is C=CC[C@H](N[C@H](C(=O)OC)C(C)C)c1ccc([C@H]2C[C@@H](O[Si](C)(C)C(C)(C)C)CN2C(=O)OC(C)(C)C)cc1. The third-order valence-electron chi connectivity index (χ3n) is 7.79. The number of hydrogen-bond donors (Lipinski definition) is 1. The van der Waals surface area contributed by atoms with Gasteiger partial charge in [-0.1, -0.05) is 65.0 Å². The minimum Gasteiger partial charge on any atom is -0.468 e. The molecule has 0 spiro atoms. The first-order valence-corrected chi connectivity index (χ1v) is 17.0. The molecule has 7 nitrogen and oxygen atoms in total. The summed E-state index contributed by atoms with van der Waals surface area (Å²) in [6, 6.07) is 7.63. The van der Waals surface area contributed by atoms with Crippen molar-refractivity contribution in [1.29, 1.82) is 0 Å². The van der Waals surface area contributed by atoms with Crippen LogP contribution in [0, 0.1) is 5.92 Å². The van der Waals surface area contributed by atoms with Crippen LogP contribution in [0.4, 0.5) is 4.79 Å². The van der Waals surface area contributed by atoms with E-state index in [2.05, 4.69) is 70.0 Å². The fraction of sp³-hybridized carbons (Fsp3) is 0.677. The van der Waals surface area contributed by atoms with E-state index >= 15 is 0 Å². The van der Waals surface area contributed by atoms with E-state index in [0.717, 1.165) is 17.5 Å². The van der Waals surface area contributed by atoms with E-state index in [-0.39, 0.29) is 41.2 Å². The number of amides is 1. The van der Waals surface area contributed by atoms with Crippen LogP contribution in [0.1, 0.15) is 91.4 Å². The number of nitrogens with zero attached hydrogens (tertiary/aromatic N) is 1. The molecule has 220 valence electrons. The Labute approximate surface area is 237 Å². The minimum atomic E-state index is -2.02. The Morgan fingerprint density at radius 3 is 2.18 bits per heavy atom. The van der Waals surface area contributed by atoms with Gasteiger partial charge in [0, 0.05) is 12.6 Å². The lowest BCUT2D eigenvalue weighted by molar-refractivity contribution is -0.144.